The Balaban J connectivity index is 1.43. The van der Waals surface area contributed by atoms with Gasteiger partial charge in [-0.3, -0.25) is 4.68 Å². The number of rotatable bonds is 6. The topological polar surface area (TPSA) is 39.1 Å². The Morgan fingerprint density at radius 3 is 2.62 bits per heavy atom. The fourth-order valence-electron chi connectivity index (χ4n) is 4.15. The molecular weight excluding hydrogens is 329 g/mol. The van der Waals surface area contributed by atoms with E-state index in [4.69, 9.17) is 9.84 Å². The van der Waals surface area contributed by atoms with Gasteiger partial charge in [0.15, 0.2) is 0 Å². The molecule has 2 aliphatic rings. The molecule has 2 aromatic rings. The Kier molecular flexibility index (Phi) is 4.84. The van der Waals surface area contributed by atoms with E-state index in [9.17, 15) is 4.39 Å². The summed E-state index contributed by atoms with van der Waals surface area (Å²) in [5.74, 6) is 0.348. The van der Waals surface area contributed by atoms with E-state index in [1.54, 1.807) is 12.1 Å². The minimum Gasteiger partial charge on any atom is -0.381 e. The fraction of sp³-hybridized carbons (Fsp3) is 0.571. The second kappa shape index (κ2) is 7.12. The number of aromatic nitrogens is 2. The molecule has 26 heavy (non-hydrogen) atoms. The lowest BCUT2D eigenvalue weighted by molar-refractivity contribution is 0.0844. The summed E-state index contributed by atoms with van der Waals surface area (Å²) < 4.78 is 20.6. The second-order valence-corrected chi connectivity index (χ2v) is 7.95. The number of hydrogen-bond donors (Lipinski definition) is 1. The summed E-state index contributed by atoms with van der Waals surface area (Å²) >= 11 is 0. The highest BCUT2D eigenvalue weighted by molar-refractivity contribution is 5.24. The third kappa shape index (κ3) is 3.84. The molecular formula is C21H28FN3O. The average molecular weight is 357 g/mol. The molecule has 140 valence electrons. The van der Waals surface area contributed by atoms with E-state index in [1.807, 2.05) is 23.9 Å². The van der Waals surface area contributed by atoms with Gasteiger partial charge in [-0.1, -0.05) is 12.1 Å². The van der Waals surface area contributed by atoms with Crippen molar-refractivity contribution in [3.63, 3.8) is 0 Å². The van der Waals surface area contributed by atoms with E-state index in [2.05, 4.69) is 18.3 Å². The largest absolute Gasteiger partial charge is 0.381 e. The van der Waals surface area contributed by atoms with Gasteiger partial charge in [-0.15, -0.1) is 0 Å². The molecule has 1 aromatic carbocycles. The summed E-state index contributed by atoms with van der Waals surface area (Å²) in [7, 11) is 2.04. The molecule has 2 fully saturated rings. The standard InChI is InChI=1S/C21H28FN3O/c1-15(20-13-19(24-25(20)2)17-7-11-26-12-8-17)23-21(9-10-21)14-16-3-5-18(22)6-4-16/h3-6,13,15,17,23H,7-12,14H2,1-2H3. The Morgan fingerprint density at radius 1 is 1.27 bits per heavy atom. The highest BCUT2D eigenvalue weighted by atomic mass is 19.1. The van der Waals surface area contributed by atoms with Gasteiger partial charge < -0.3 is 10.1 Å². The van der Waals surface area contributed by atoms with Crippen LogP contribution in [0.1, 0.15) is 61.5 Å². The smallest absolute Gasteiger partial charge is 0.123 e. The number of hydrogen-bond acceptors (Lipinski definition) is 3. The number of nitrogens with one attached hydrogen (secondary N) is 1. The van der Waals surface area contributed by atoms with Crippen LogP contribution < -0.4 is 5.32 Å². The van der Waals surface area contributed by atoms with Crippen molar-refractivity contribution in [1.82, 2.24) is 15.1 Å². The van der Waals surface area contributed by atoms with Crippen molar-refractivity contribution >= 4 is 0 Å². The highest BCUT2D eigenvalue weighted by Gasteiger charge is 2.43. The van der Waals surface area contributed by atoms with E-state index in [1.165, 1.54) is 29.8 Å². The molecule has 1 aliphatic heterocycles. The number of nitrogens with zero attached hydrogens (tertiary/aromatic N) is 2. The Labute approximate surface area is 154 Å². The third-order valence-corrected chi connectivity index (χ3v) is 5.85. The van der Waals surface area contributed by atoms with Crippen LogP contribution >= 0.6 is 0 Å². The summed E-state index contributed by atoms with van der Waals surface area (Å²) in [5.41, 5.74) is 3.76. The first-order chi connectivity index (χ1) is 12.5. The first-order valence-corrected chi connectivity index (χ1v) is 9.68. The zero-order valence-electron chi connectivity index (χ0n) is 15.7. The third-order valence-electron chi connectivity index (χ3n) is 5.85. The molecule has 0 radical (unpaired) electrons. The number of aryl methyl sites for hydroxylation is 1. The van der Waals surface area contributed by atoms with Crippen molar-refractivity contribution in [2.75, 3.05) is 13.2 Å². The summed E-state index contributed by atoms with van der Waals surface area (Å²) in [5, 5.41) is 8.60. The van der Waals surface area contributed by atoms with Gasteiger partial charge in [-0.05, 0) is 62.8 Å². The molecule has 1 atom stereocenters. The Bertz CT molecular complexity index is 745. The van der Waals surface area contributed by atoms with Gasteiger partial charge in [-0.2, -0.15) is 5.10 Å². The molecule has 4 nitrogen and oxygen atoms in total. The van der Waals surface area contributed by atoms with E-state index in [-0.39, 0.29) is 17.4 Å². The van der Waals surface area contributed by atoms with Crippen molar-refractivity contribution in [2.24, 2.45) is 7.05 Å². The minimum atomic E-state index is -0.171. The van der Waals surface area contributed by atoms with Crippen LogP contribution in [-0.2, 0) is 18.2 Å². The van der Waals surface area contributed by atoms with Crippen LogP contribution in [0.15, 0.2) is 30.3 Å². The molecule has 0 bridgehead atoms. The monoisotopic (exact) mass is 357 g/mol. The van der Waals surface area contributed by atoms with Crippen molar-refractivity contribution in [1.29, 1.82) is 0 Å². The van der Waals surface area contributed by atoms with E-state index in [0.29, 0.717) is 5.92 Å². The number of ether oxygens (including phenoxy) is 1. The Hall–Kier alpha value is -1.72. The fourth-order valence-corrected chi connectivity index (χ4v) is 4.15. The van der Waals surface area contributed by atoms with E-state index in [0.717, 1.165) is 32.5 Å². The molecule has 1 N–H and O–H groups in total. The molecule has 1 aliphatic carbocycles. The maximum absolute atomic E-state index is 13.1. The molecule has 4 rings (SSSR count). The molecule has 1 saturated heterocycles. The summed E-state index contributed by atoms with van der Waals surface area (Å²) in [6.45, 7) is 3.89. The van der Waals surface area contributed by atoms with Crippen LogP contribution in [0, 0.1) is 5.82 Å². The minimum absolute atomic E-state index is 0.139. The van der Waals surface area contributed by atoms with Crippen LogP contribution in [0.2, 0.25) is 0 Å². The maximum Gasteiger partial charge on any atom is 0.123 e. The van der Waals surface area contributed by atoms with Gasteiger partial charge in [0.05, 0.1) is 11.4 Å². The molecule has 1 saturated carbocycles. The lowest BCUT2D eigenvalue weighted by Gasteiger charge is -2.23. The molecule has 0 spiro atoms. The molecule has 1 unspecified atom stereocenters. The van der Waals surface area contributed by atoms with Gasteiger partial charge in [0.25, 0.3) is 0 Å². The maximum atomic E-state index is 13.1. The molecule has 2 heterocycles. The van der Waals surface area contributed by atoms with Gasteiger partial charge >= 0.3 is 0 Å². The zero-order chi connectivity index (χ0) is 18.1. The van der Waals surface area contributed by atoms with Gasteiger partial charge in [-0.25, -0.2) is 4.39 Å². The predicted molar refractivity (Wildman–Crippen MR) is 99.6 cm³/mol. The SMILES string of the molecule is CC(NC1(Cc2ccc(F)cc2)CC1)c1cc(C2CCOCC2)nn1C. The van der Waals surface area contributed by atoms with Gasteiger partial charge in [0.2, 0.25) is 0 Å². The molecule has 5 heteroatoms. The van der Waals surface area contributed by atoms with Gasteiger partial charge in [0, 0.05) is 37.8 Å². The van der Waals surface area contributed by atoms with E-state index >= 15 is 0 Å². The summed E-state index contributed by atoms with van der Waals surface area (Å²) in [4.78, 5) is 0. The number of benzene rings is 1. The summed E-state index contributed by atoms with van der Waals surface area (Å²) in [6.07, 6.45) is 5.40. The van der Waals surface area contributed by atoms with Crippen molar-refractivity contribution in [3.8, 4) is 0 Å². The lowest BCUT2D eigenvalue weighted by Crippen LogP contribution is -2.36. The zero-order valence-corrected chi connectivity index (χ0v) is 15.7. The Morgan fingerprint density at radius 2 is 1.96 bits per heavy atom. The predicted octanol–water partition coefficient (Wildman–Crippen LogP) is 3.88. The highest BCUT2D eigenvalue weighted by Crippen LogP contribution is 2.41. The number of halogens is 1. The lowest BCUT2D eigenvalue weighted by atomic mass is 9.96. The quantitative estimate of drug-likeness (QED) is 0.853. The second-order valence-electron chi connectivity index (χ2n) is 7.95. The van der Waals surface area contributed by atoms with E-state index < -0.39 is 0 Å². The van der Waals surface area contributed by atoms with Crippen molar-refractivity contribution in [3.05, 3.63) is 53.1 Å². The van der Waals surface area contributed by atoms with Crippen LogP contribution in [-0.4, -0.2) is 28.5 Å². The first-order valence-electron chi connectivity index (χ1n) is 9.68. The van der Waals surface area contributed by atoms with Gasteiger partial charge in [0.1, 0.15) is 5.82 Å². The normalized spacial score (nSPS) is 20.9. The molecule has 0 amide bonds. The first kappa shape index (κ1) is 17.7. The van der Waals surface area contributed by atoms with Crippen LogP contribution in [0.25, 0.3) is 0 Å². The van der Waals surface area contributed by atoms with Crippen molar-refractivity contribution in [2.45, 2.75) is 56.5 Å². The van der Waals surface area contributed by atoms with Crippen molar-refractivity contribution < 1.29 is 9.13 Å². The van der Waals surface area contributed by atoms with Crippen LogP contribution in [0.5, 0.6) is 0 Å². The molecule has 1 aromatic heterocycles. The van der Waals surface area contributed by atoms with Crippen LogP contribution in [0.4, 0.5) is 4.39 Å². The average Bonchev–Trinajstić information content (AvgIpc) is 3.27. The van der Waals surface area contributed by atoms with Crippen LogP contribution in [0.3, 0.4) is 0 Å². The summed E-state index contributed by atoms with van der Waals surface area (Å²) in [6, 6.07) is 9.40.